The first-order valence-corrected chi connectivity index (χ1v) is 14.0. The number of aromatic nitrogens is 1. The number of hydrogen-bond acceptors (Lipinski definition) is 5. The van der Waals surface area contributed by atoms with Gasteiger partial charge in [0.15, 0.2) is 0 Å². The second-order valence-corrected chi connectivity index (χ2v) is 11.0. The zero-order valence-corrected chi connectivity index (χ0v) is 22.9. The highest BCUT2D eigenvalue weighted by atomic mass is 32.1. The van der Waals surface area contributed by atoms with Gasteiger partial charge in [-0.1, -0.05) is 67.8 Å². The lowest BCUT2D eigenvalue weighted by atomic mass is 9.94. The van der Waals surface area contributed by atoms with Gasteiger partial charge in [0.25, 0.3) is 5.91 Å². The number of hydrogen-bond donors (Lipinski definition) is 1. The molecular weight excluding hydrogens is 494 g/mol. The quantitative estimate of drug-likeness (QED) is 0.288. The largest absolute Gasteiger partial charge is 0.497 e. The zero-order valence-electron chi connectivity index (χ0n) is 22.1. The Balaban J connectivity index is 1.69. The van der Waals surface area contributed by atoms with Gasteiger partial charge in [0.05, 0.1) is 23.5 Å². The molecule has 1 aliphatic rings. The highest BCUT2D eigenvalue weighted by Gasteiger charge is 2.36. The molecule has 1 N–H and O–H groups in total. The summed E-state index contributed by atoms with van der Waals surface area (Å²) in [5.74, 6) is 0.281. The molecule has 0 bridgehead atoms. The van der Waals surface area contributed by atoms with E-state index in [4.69, 9.17) is 4.74 Å². The van der Waals surface area contributed by atoms with Gasteiger partial charge in [-0.15, -0.1) is 11.3 Å². The van der Waals surface area contributed by atoms with Crippen LogP contribution in [0.25, 0.3) is 10.8 Å². The van der Waals surface area contributed by atoms with E-state index in [-0.39, 0.29) is 17.9 Å². The summed E-state index contributed by atoms with van der Waals surface area (Å²) in [5.41, 5.74) is 2.08. The molecule has 5 rings (SSSR count). The van der Waals surface area contributed by atoms with Crippen molar-refractivity contribution >= 4 is 39.6 Å². The second kappa shape index (κ2) is 11.4. The summed E-state index contributed by atoms with van der Waals surface area (Å²) < 4.78 is 5.38. The summed E-state index contributed by atoms with van der Waals surface area (Å²) in [5, 5.41) is 6.02. The average molecular weight is 528 g/mol. The highest BCUT2D eigenvalue weighted by Crippen LogP contribution is 2.37. The molecule has 1 atom stereocenters. The van der Waals surface area contributed by atoms with E-state index in [1.807, 2.05) is 80.6 Å². The first kappa shape index (κ1) is 25.9. The van der Waals surface area contributed by atoms with Gasteiger partial charge in [0.2, 0.25) is 5.91 Å². The van der Waals surface area contributed by atoms with Crippen LogP contribution in [0.3, 0.4) is 0 Å². The third kappa shape index (κ3) is 5.29. The van der Waals surface area contributed by atoms with Crippen LogP contribution in [-0.2, 0) is 4.79 Å². The Labute approximate surface area is 227 Å². The minimum Gasteiger partial charge on any atom is -0.497 e. The third-order valence-corrected chi connectivity index (χ3v) is 8.29. The van der Waals surface area contributed by atoms with Crippen LogP contribution < -0.4 is 15.0 Å². The number of anilines is 1. The van der Waals surface area contributed by atoms with Crippen molar-refractivity contribution < 1.29 is 14.3 Å². The smallest absolute Gasteiger partial charge is 0.271 e. The van der Waals surface area contributed by atoms with Gasteiger partial charge < -0.3 is 10.1 Å². The number of carbonyl (C=O) groups excluding carboxylic acids is 2. The highest BCUT2D eigenvalue weighted by molar-refractivity contribution is 7.13. The van der Waals surface area contributed by atoms with E-state index < -0.39 is 6.04 Å². The fourth-order valence-corrected chi connectivity index (χ4v) is 6.21. The summed E-state index contributed by atoms with van der Waals surface area (Å²) in [6.45, 7) is 3.75. The molecule has 6 nitrogen and oxygen atoms in total. The molecule has 3 aromatic carbocycles. The number of benzene rings is 3. The number of carbonyl (C=O) groups is 2. The lowest BCUT2D eigenvalue weighted by Crippen LogP contribution is -2.47. The minimum atomic E-state index is -0.872. The lowest BCUT2D eigenvalue weighted by Gasteiger charge is -2.34. The topological polar surface area (TPSA) is 71.5 Å². The summed E-state index contributed by atoms with van der Waals surface area (Å²) in [4.78, 5) is 35.4. The fourth-order valence-electron chi connectivity index (χ4n) is 5.35. The van der Waals surface area contributed by atoms with Crippen molar-refractivity contribution in [1.29, 1.82) is 0 Å². The summed E-state index contributed by atoms with van der Waals surface area (Å²) in [6.07, 6.45) is 5.30. The average Bonchev–Trinajstić information content (AvgIpc) is 3.29. The monoisotopic (exact) mass is 527 g/mol. The number of aryl methyl sites for hydroxylation is 2. The predicted octanol–water partition coefficient (Wildman–Crippen LogP) is 6.76. The molecule has 1 saturated carbocycles. The van der Waals surface area contributed by atoms with Crippen molar-refractivity contribution in [3.05, 3.63) is 87.9 Å². The van der Waals surface area contributed by atoms with Gasteiger partial charge in [-0.3, -0.25) is 14.5 Å². The van der Waals surface area contributed by atoms with Gasteiger partial charge in [-0.25, -0.2) is 4.98 Å². The van der Waals surface area contributed by atoms with Crippen LogP contribution in [0.1, 0.15) is 64.1 Å². The van der Waals surface area contributed by atoms with Crippen LogP contribution in [0, 0.1) is 13.8 Å². The second-order valence-electron chi connectivity index (χ2n) is 9.84. The standard InChI is InChI=1S/C31H33N3O3S/c1-20-29(38-21(2)32-20)31(36)34(27-15-9-11-22-10-7-8-14-26(22)27)28(23-16-18-25(37-3)19-17-23)30(35)33-24-12-5-4-6-13-24/h7-11,14-19,24,28H,4-6,12-13H2,1-3H3,(H,33,35)/t28-/m1/s1. The first-order valence-electron chi connectivity index (χ1n) is 13.2. The van der Waals surface area contributed by atoms with Crippen LogP contribution >= 0.6 is 11.3 Å². The van der Waals surface area contributed by atoms with E-state index in [0.29, 0.717) is 22.0 Å². The Morgan fingerprint density at radius 3 is 2.37 bits per heavy atom. The molecule has 1 heterocycles. The van der Waals surface area contributed by atoms with Gasteiger partial charge >= 0.3 is 0 Å². The number of ether oxygens (including phenoxy) is 1. The van der Waals surface area contributed by atoms with Crippen LogP contribution in [0.15, 0.2) is 66.7 Å². The molecule has 7 heteroatoms. The maximum atomic E-state index is 14.4. The zero-order chi connectivity index (χ0) is 26.6. The van der Waals surface area contributed by atoms with Crippen LogP contribution in [-0.4, -0.2) is 29.9 Å². The van der Waals surface area contributed by atoms with Gasteiger partial charge in [-0.05, 0) is 55.8 Å². The number of amides is 2. The van der Waals surface area contributed by atoms with Crippen molar-refractivity contribution in [3.8, 4) is 5.75 Å². The molecule has 196 valence electrons. The molecule has 0 aliphatic heterocycles. The minimum absolute atomic E-state index is 0.105. The Kier molecular flexibility index (Phi) is 7.74. The maximum Gasteiger partial charge on any atom is 0.271 e. The third-order valence-electron chi connectivity index (χ3n) is 7.23. The van der Waals surface area contributed by atoms with Gasteiger partial charge in [0.1, 0.15) is 16.7 Å². The SMILES string of the molecule is COc1ccc([C@H](C(=O)NC2CCCCC2)N(C(=O)c2sc(C)nc2C)c2cccc3ccccc23)cc1. The molecule has 2 amide bonds. The molecule has 0 unspecified atom stereocenters. The molecule has 1 fully saturated rings. The van der Waals surface area contributed by atoms with E-state index in [2.05, 4.69) is 10.3 Å². The fraction of sp³-hybridized carbons (Fsp3) is 0.323. The van der Waals surface area contributed by atoms with Crippen LogP contribution in [0.5, 0.6) is 5.75 Å². The van der Waals surface area contributed by atoms with E-state index in [9.17, 15) is 9.59 Å². The summed E-state index contributed by atoms with van der Waals surface area (Å²) in [7, 11) is 1.61. The lowest BCUT2D eigenvalue weighted by molar-refractivity contribution is -0.123. The van der Waals surface area contributed by atoms with Crippen molar-refractivity contribution in [2.45, 2.75) is 58.0 Å². The van der Waals surface area contributed by atoms with Crippen molar-refractivity contribution in [1.82, 2.24) is 10.3 Å². The number of fused-ring (bicyclic) bond motifs is 1. The molecule has 4 aromatic rings. The number of nitrogens with one attached hydrogen (secondary N) is 1. The molecular formula is C31H33N3O3S. The number of methoxy groups -OCH3 is 1. The predicted molar refractivity (Wildman–Crippen MR) is 153 cm³/mol. The number of rotatable bonds is 7. The van der Waals surface area contributed by atoms with E-state index in [1.165, 1.54) is 17.8 Å². The Hall–Kier alpha value is -3.71. The Morgan fingerprint density at radius 1 is 0.974 bits per heavy atom. The summed E-state index contributed by atoms with van der Waals surface area (Å²) in [6, 6.07) is 20.5. The molecule has 0 radical (unpaired) electrons. The molecule has 0 saturated heterocycles. The molecule has 0 spiro atoms. The van der Waals surface area contributed by atoms with E-state index >= 15 is 0 Å². The Bertz CT molecular complexity index is 1440. The normalized spacial score (nSPS) is 14.7. The molecule has 1 aromatic heterocycles. The molecule has 1 aliphatic carbocycles. The summed E-state index contributed by atoms with van der Waals surface area (Å²) >= 11 is 1.36. The van der Waals surface area contributed by atoms with Gasteiger partial charge in [0, 0.05) is 11.4 Å². The van der Waals surface area contributed by atoms with Crippen LogP contribution in [0.2, 0.25) is 0 Å². The molecule has 38 heavy (non-hydrogen) atoms. The van der Waals surface area contributed by atoms with Crippen molar-refractivity contribution in [3.63, 3.8) is 0 Å². The van der Waals surface area contributed by atoms with Gasteiger partial charge in [-0.2, -0.15) is 0 Å². The number of thiazole rings is 1. The van der Waals surface area contributed by atoms with Crippen LogP contribution in [0.4, 0.5) is 5.69 Å². The van der Waals surface area contributed by atoms with Crippen molar-refractivity contribution in [2.75, 3.05) is 12.0 Å². The van der Waals surface area contributed by atoms with E-state index in [1.54, 1.807) is 12.0 Å². The maximum absolute atomic E-state index is 14.4. The first-order chi connectivity index (χ1) is 18.5. The Morgan fingerprint density at radius 2 is 1.68 bits per heavy atom. The van der Waals surface area contributed by atoms with Crippen molar-refractivity contribution in [2.24, 2.45) is 0 Å². The van der Waals surface area contributed by atoms with E-state index in [0.717, 1.165) is 47.0 Å². The number of nitrogens with zero attached hydrogens (tertiary/aromatic N) is 2.